The van der Waals surface area contributed by atoms with Crippen LogP contribution in [0.2, 0.25) is 10.0 Å². The summed E-state index contributed by atoms with van der Waals surface area (Å²) in [6, 6.07) is 15.3. The molecule has 0 unspecified atom stereocenters. The van der Waals surface area contributed by atoms with Gasteiger partial charge in [0.15, 0.2) is 0 Å². The molecule has 0 radical (unpaired) electrons. The number of hydrogen-bond acceptors (Lipinski definition) is 4. The normalized spacial score (nSPS) is 24.4. The van der Waals surface area contributed by atoms with Crippen molar-refractivity contribution in [3.63, 3.8) is 0 Å². The van der Waals surface area contributed by atoms with Crippen molar-refractivity contribution in [2.75, 3.05) is 26.2 Å². The van der Waals surface area contributed by atoms with Crippen molar-refractivity contribution in [2.45, 2.75) is 63.3 Å². The minimum Gasteiger partial charge on any atom is -0.445 e. The van der Waals surface area contributed by atoms with Gasteiger partial charge in [0.2, 0.25) is 5.91 Å². The molecule has 3 atom stereocenters. The molecule has 6 nitrogen and oxygen atoms in total. The highest BCUT2D eigenvalue weighted by molar-refractivity contribution is 6.42. The number of carbonyl (C=O) groups excluding carboxylic acids is 2. The zero-order chi connectivity index (χ0) is 25.1. The van der Waals surface area contributed by atoms with E-state index in [1.165, 1.54) is 12.8 Å². The van der Waals surface area contributed by atoms with Crippen molar-refractivity contribution in [1.29, 1.82) is 0 Å². The van der Waals surface area contributed by atoms with Gasteiger partial charge >= 0.3 is 6.09 Å². The van der Waals surface area contributed by atoms with Gasteiger partial charge in [-0.1, -0.05) is 59.6 Å². The van der Waals surface area contributed by atoms with Crippen molar-refractivity contribution < 1.29 is 14.3 Å². The standard InChI is InChI=1S/C28H33Cl2N3O3/c29-22-12-11-21(17-23(22)30)18-26(34)33-16-15-32(28(35)36-19-20-7-2-1-3-8-20)25-10-6-9-24(27(25)33)31-13-4-5-14-31/h1-3,7-8,11-12,17,24-25,27H,4-6,9-10,13-16,18-19H2/t24-,25-,27+/m1/s1. The van der Waals surface area contributed by atoms with Crippen LogP contribution in [-0.2, 0) is 22.6 Å². The molecular formula is C28H33Cl2N3O3. The Kier molecular flexibility index (Phi) is 8.04. The molecule has 1 aliphatic carbocycles. The highest BCUT2D eigenvalue weighted by Crippen LogP contribution is 2.36. The third-order valence-electron chi connectivity index (χ3n) is 7.84. The van der Waals surface area contributed by atoms with Gasteiger partial charge in [0.25, 0.3) is 0 Å². The molecule has 192 valence electrons. The molecule has 0 spiro atoms. The SMILES string of the molecule is O=C(Cc1ccc(Cl)c(Cl)c1)N1CCN(C(=O)OCc2ccccc2)[C@@H]2CCC[C@@H](N3CCCC3)[C@@H]21. The number of carbonyl (C=O) groups is 2. The fraction of sp³-hybridized carbons (Fsp3) is 0.500. The van der Waals surface area contributed by atoms with Crippen molar-refractivity contribution in [1.82, 2.24) is 14.7 Å². The molecule has 2 aromatic carbocycles. The Balaban J connectivity index is 1.35. The molecule has 1 saturated carbocycles. The van der Waals surface area contributed by atoms with Crippen LogP contribution >= 0.6 is 23.2 Å². The monoisotopic (exact) mass is 529 g/mol. The Morgan fingerprint density at radius 3 is 2.28 bits per heavy atom. The maximum Gasteiger partial charge on any atom is 0.410 e. The minimum absolute atomic E-state index is 0.0369. The van der Waals surface area contributed by atoms with E-state index in [9.17, 15) is 9.59 Å². The van der Waals surface area contributed by atoms with Crippen molar-refractivity contribution in [3.8, 4) is 0 Å². The summed E-state index contributed by atoms with van der Waals surface area (Å²) >= 11 is 12.3. The number of halogens is 2. The summed E-state index contributed by atoms with van der Waals surface area (Å²) in [5, 5.41) is 0.940. The number of piperazine rings is 1. The fourth-order valence-electron chi connectivity index (χ4n) is 6.14. The van der Waals surface area contributed by atoms with Gasteiger partial charge in [-0.3, -0.25) is 9.69 Å². The first kappa shape index (κ1) is 25.4. The molecule has 5 rings (SSSR count). The lowest BCUT2D eigenvalue weighted by Gasteiger charge is -2.54. The molecular weight excluding hydrogens is 497 g/mol. The quantitative estimate of drug-likeness (QED) is 0.520. The smallest absolute Gasteiger partial charge is 0.410 e. The second-order valence-corrected chi connectivity index (χ2v) is 10.9. The molecule has 0 aromatic heterocycles. The molecule has 3 aliphatic rings. The molecule has 0 bridgehead atoms. The van der Waals surface area contributed by atoms with Crippen LogP contribution in [0, 0.1) is 0 Å². The van der Waals surface area contributed by atoms with Gasteiger partial charge in [-0.2, -0.15) is 0 Å². The van der Waals surface area contributed by atoms with E-state index in [-0.39, 0.29) is 43.2 Å². The highest BCUT2D eigenvalue weighted by atomic mass is 35.5. The van der Waals surface area contributed by atoms with Crippen LogP contribution in [-0.4, -0.2) is 71.0 Å². The molecule has 0 N–H and O–H groups in total. The molecule has 3 fully saturated rings. The van der Waals surface area contributed by atoms with Crippen LogP contribution < -0.4 is 0 Å². The topological polar surface area (TPSA) is 53.1 Å². The largest absolute Gasteiger partial charge is 0.445 e. The molecule has 36 heavy (non-hydrogen) atoms. The second-order valence-electron chi connectivity index (χ2n) is 10.0. The summed E-state index contributed by atoms with van der Waals surface area (Å²) in [6.45, 7) is 3.35. The molecule has 2 amide bonds. The minimum atomic E-state index is -0.285. The fourth-order valence-corrected chi connectivity index (χ4v) is 6.46. The van der Waals surface area contributed by atoms with E-state index in [2.05, 4.69) is 4.90 Å². The number of nitrogens with zero attached hydrogens (tertiary/aromatic N) is 3. The molecule has 2 saturated heterocycles. The van der Waals surface area contributed by atoms with Crippen LogP contribution in [0.1, 0.15) is 43.2 Å². The van der Waals surface area contributed by atoms with Gasteiger partial charge in [-0.15, -0.1) is 0 Å². The van der Waals surface area contributed by atoms with E-state index in [1.807, 2.05) is 46.2 Å². The van der Waals surface area contributed by atoms with Gasteiger partial charge in [0.05, 0.1) is 28.5 Å². The van der Waals surface area contributed by atoms with Crippen LogP contribution in [0.15, 0.2) is 48.5 Å². The molecule has 2 heterocycles. The molecule has 2 aromatic rings. The Hall–Kier alpha value is -2.28. The number of likely N-dealkylation sites (tertiary alicyclic amines) is 1. The van der Waals surface area contributed by atoms with Crippen LogP contribution in [0.4, 0.5) is 4.79 Å². The zero-order valence-electron chi connectivity index (χ0n) is 20.5. The number of hydrogen-bond donors (Lipinski definition) is 0. The molecule has 2 aliphatic heterocycles. The highest BCUT2D eigenvalue weighted by Gasteiger charge is 2.48. The van der Waals surface area contributed by atoms with Gasteiger partial charge in [0.1, 0.15) is 6.61 Å². The van der Waals surface area contributed by atoms with Gasteiger partial charge in [-0.25, -0.2) is 4.79 Å². The van der Waals surface area contributed by atoms with E-state index < -0.39 is 0 Å². The lowest BCUT2D eigenvalue weighted by molar-refractivity contribution is -0.142. The zero-order valence-corrected chi connectivity index (χ0v) is 22.0. The van der Waals surface area contributed by atoms with Crippen molar-refractivity contribution >= 4 is 35.2 Å². The Labute approximate surface area is 223 Å². The van der Waals surface area contributed by atoms with Gasteiger partial charge in [0, 0.05) is 19.1 Å². The predicted octanol–water partition coefficient (Wildman–Crippen LogP) is 5.40. The second kappa shape index (κ2) is 11.4. The molecule has 8 heteroatoms. The number of ether oxygens (including phenoxy) is 1. The first-order chi connectivity index (χ1) is 17.5. The van der Waals surface area contributed by atoms with E-state index in [1.54, 1.807) is 12.1 Å². The average Bonchev–Trinajstić information content (AvgIpc) is 3.44. The lowest BCUT2D eigenvalue weighted by Crippen LogP contribution is -2.69. The number of rotatable bonds is 5. The summed E-state index contributed by atoms with van der Waals surface area (Å²) in [4.78, 5) is 33.4. The van der Waals surface area contributed by atoms with E-state index in [0.717, 1.165) is 43.5 Å². The summed E-state index contributed by atoms with van der Waals surface area (Å²) in [5.41, 5.74) is 1.82. The van der Waals surface area contributed by atoms with Gasteiger partial charge < -0.3 is 14.5 Å². The van der Waals surface area contributed by atoms with E-state index >= 15 is 0 Å². The number of fused-ring (bicyclic) bond motifs is 1. The van der Waals surface area contributed by atoms with Crippen LogP contribution in [0.5, 0.6) is 0 Å². The van der Waals surface area contributed by atoms with E-state index in [0.29, 0.717) is 23.1 Å². The first-order valence-electron chi connectivity index (χ1n) is 13.0. The van der Waals surface area contributed by atoms with Crippen molar-refractivity contribution in [2.24, 2.45) is 0 Å². The third-order valence-corrected chi connectivity index (χ3v) is 8.58. The Morgan fingerprint density at radius 1 is 0.806 bits per heavy atom. The summed E-state index contributed by atoms with van der Waals surface area (Å²) in [7, 11) is 0. The summed E-state index contributed by atoms with van der Waals surface area (Å²) < 4.78 is 5.74. The van der Waals surface area contributed by atoms with E-state index in [4.69, 9.17) is 27.9 Å². The summed E-state index contributed by atoms with van der Waals surface area (Å²) in [6.07, 6.45) is 5.33. The number of benzene rings is 2. The maximum absolute atomic E-state index is 13.7. The van der Waals surface area contributed by atoms with Crippen LogP contribution in [0.3, 0.4) is 0 Å². The summed E-state index contributed by atoms with van der Waals surface area (Å²) in [5.74, 6) is 0.0757. The maximum atomic E-state index is 13.7. The lowest BCUT2D eigenvalue weighted by atomic mass is 9.81. The average molecular weight is 530 g/mol. The predicted molar refractivity (Wildman–Crippen MR) is 141 cm³/mol. The van der Waals surface area contributed by atoms with Crippen LogP contribution in [0.25, 0.3) is 0 Å². The Morgan fingerprint density at radius 2 is 1.53 bits per heavy atom. The number of amides is 2. The Bertz CT molecular complexity index is 1080. The van der Waals surface area contributed by atoms with Crippen molar-refractivity contribution in [3.05, 3.63) is 69.7 Å². The van der Waals surface area contributed by atoms with Gasteiger partial charge in [-0.05, 0) is 68.5 Å². The third kappa shape index (κ3) is 5.51. The first-order valence-corrected chi connectivity index (χ1v) is 13.7.